The first-order valence-corrected chi connectivity index (χ1v) is 13.9. The second kappa shape index (κ2) is 11.1. The van der Waals surface area contributed by atoms with Gasteiger partial charge in [0, 0.05) is 36.1 Å². The van der Waals surface area contributed by atoms with Crippen molar-refractivity contribution >= 4 is 33.4 Å². The molecule has 2 heterocycles. The Bertz CT molecular complexity index is 1830. The number of methoxy groups -OCH3 is 2. The van der Waals surface area contributed by atoms with Crippen LogP contribution in [0.25, 0.3) is 21.8 Å². The van der Waals surface area contributed by atoms with Crippen LogP contribution in [-0.2, 0) is 19.4 Å². The quantitative estimate of drug-likeness (QED) is 0.250. The molecule has 0 radical (unpaired) electrons. The summed E-state index contributed by atoms with van der Waals surface area (Å²) >= 11 is 0. The highest BCUT2D eigenvalue weighted by Crippen LogP contribution is 2.33. The molecular formula is C34H33N3O4. The number of aromatic nitrogens is 1. The zero-order valence-corrected chi connectivity index (χ0v) is 23.5. The maximum atomic E-state index is 13.3. The number of para-hydroxylation sites is 2. The van der Waals surface area contributed by atoms with Gasteiger partial charge in [0.15, 0.2) is 16.9 Å². The number of H-pyrrole nitrogens is 1. The van der Waals surface area contributed by atoms with E-state index in [9.17, 15) is 9.59 Å². The Balaban J connectivity index is 1.13. The molecule has 41 heavy (non-hydrogen) atoms. The fourth-order valence-electron chi connectivity index (χ4n) is 5.73. The van der Waals surface area contributed by atoms with Gasteiger partial charge in [-0.15, -0.1) is 0 Å². The van der Waals surface area contributed by atoms with Crippen molar-refractivity contribution in [1.29, 1.82) is 0 Å². The SMILES string of the molecule is COc1cc2c(cc1OC)CN(CCc1ccc(NC(=O)c3cccc4c(=O)c5cccc(C)c5[nH]c34)cc1)CC2. The molecule has 1 aliphatic rings. The Morgan fingerprint density at radius 3 is 2.32 bits per heavy atom. The Morgan fingerprint density at radius 2 is 1.59 bits per heavy atom. The van der Waals surface area contributed by atoms with Gasteiger partial charge in [0.1, 0.15) is 0 Å². The van der Waals surface area contributed by atoms with Gasteiger partial charge in [0.25, 0.3) is 5.91 Å². The molecule has 208 valence electrons. The summed E-state index contributed by atoms with van der Waals surface area (Å²) in [4.78, 5) is 32.2. The molecule has 0 saturated carbocycles. The van der Waals surface area contributed by atoms with Crippen LogP contribution in [0.15, 0.2) is 77.6 Å². The van der Waals surface area contributed by atoms with Crippen LogP contribution in [0.2, 0.25) is 0 Å². The first-order chi connectivity index (χ1) is 19.9. The molecule has 1 amide bonds. The lowest BCUT2D eigenvalue weighted by Crippen LogP contribution is -2.32. The second-order valence-corrected chi connectivity index (χ2v) is 10.6. The van der Waals surface area contributed by atoms with Crippen molar-refractivity contribution in [2.45, 2.75) is 26.3 Å². The predicted molar refractivity (Wildman–Crippen MR) is 163 cm³/mol. The van der Waals surface area contributed by atoms with Gasteiger partial charge in [0.2, 0.25) is 0 Å². The molecule has 0 unspecified atom stereocenters. The van der Waals surface area contributed by atoms with Crippen LogP contribution in [-0.4, -0.2) is 43.1 Å². The van der Waals surface area contributed by atoms with E-state index in [1.165, 1.54) is 16.7 Å². The molecular weight excluding hydrogens is 514 g/mol. The number of ether oxygens (including phenoxy) is 2. The van der Waals surface area contributed by atoms with Crippen molar-refractivity contribution in [1.82, 2.24) is 9.88 Å². The number of amides is 1. The monoisotopic (exact) mass is 547 g/mol. The van der Waals surface area contributed by atoms with Crippen molar-refractivity contribution in [3.8, 4) is 11.5 Å². The summed E-state index contributed by atoms with van der Waals surface area (Å²) in [6.45, 7) is 4.77. The van der Waals surface area contributed by atoms with Crippen molar-refractivity contribution in [3.05, 3.63) is 111 Å². The van der Waals surface area contributed by atoms with E-state index in [0.717, 1.165) is 55.1 Å². The minimum Gasteiger partial charge on any atom is -0.493 e. The number of hydrogen-bond donors (Lipinski definition) is 2. The largest absolute Gasteiger partial charge is 0.493 e. The average molecular weight is 548 g/mol. The van der Waals surface area contributed by atoms with Gasteiger partial charge in [0.05, 0.1) is 30.8 Å². The number of pyridine rings is 1. The Labute approximate surface area is 238 Å². The van der Waals surface area contributed by atoms with Gasteiger partial charge in [-0.25, -0.2) is 0 Å². The number of anilines is 1. The number of nitrogens with zero attached hydrogens (tertiary/aromatic N) is 1. The second-order valence-electron chi connectivity index (χ2n) is 10.6. The minimum absolute atomic E-state index is 0.0764. The van der Waals surface area contributed by atoms with Crippen LogP contribution in [0.1, 0.15) is 32.6 Å². The van der Waals surface area contributed by atoms with E-state index in [1.807, 2.05) is 37.3 Å². The Hall–Kier alpha value is -4.62. The third-order valence-electron chi connectivity index (χ3n) is 8.05. The molecule has 0 fully saturated rings. The van der Waals surface area contributed by atoms with Gasteiger partial charge in [-0.2, -0.15) is 0 Å². The fourth-order valence-corrected chi connectivity index (χ4v) is 5.73. The molecule has 4 aromatic carbocycles. The Kier molecular flexibility index (Phi) is 7.20. The highest BCUT2D eigenvalue weighted by atomic mass is 16.5. The minimum atomic E-state index is -0.258. The number of aryl methyl sites for hydroxylation is 1. The van der Waals surface area contributed by atoms with Crippen LogP contribution in [0, 0.1) is 6.92 Å². The van der Waals surface area contributed by atoms with Crippen molar-refractivity contribution in [2.24, 2.45) is 0 Å². The summed E-state index contributed by atoms with van der Waals surface area (Å²) in [6, 6.07) is 23.1. The van der Waals surface area contributed by atoms with E-state index in [0.29, 0.717) is 27.5 Å². The molecule has 0 saturated heterocycles. The number of aromatic amines is 1. The summed E-state index contributed by atoms with van der Waals surface area (Å²) in [5.74, 6) is 1.29. The van der Waals surface area contributed by atoms with Crippen LogP contribution in [0.4, 0.5) is 5.69 Å². The molecule has 7 heteroatoms. The number of carbonyl (C=O) groups excluding carboxylic acids is 1. The van der Waals surface area contributed by atoms with Crippen molar-refractivity contribution in [3.63, 3.8) is 0 Å². The first-order valence-electron chi connectivity index (χ1n) is 13.9. The van der Waals surface area contributed by atoms with E-state index >= 15 is 0 Å². The number of nitrogens with one attached hydrogen (secondary N) is 2. The number of benzene rings is 4. The molecule has 1 aliphatic heterocycles. The molecule has 0 spiro atoms. The molecule has 7 nitrogen and oxygen atoms in total. The number of carbonyl (C=O) groups is 1. The predicted octanol–water partition coefficient (Wildman–Crippen LogP) is 5.86. The van der Waals surface area contributed by atoms with Crippen molar-refractivity contribution < 1.29 is 14.3 Å². The van der Waals surface area contributed by atoms with E-state index in [-0.39, 0.29) is 11.3 Å². The molecule has 0 bridgehead atoms. The zero-order valence-electron chi connectivity index (χ0n) is 23.5. The van der Waals surface area contributed by atoms with E-state index < -0.39 is 0 Å². The zero-order chi connectivity index (χ0) is 28.5. The van der Waals surface area contributed by atoms with Crippen LogP contribution >= 0.6 is 0 Å². The highest BCUT2D eigenvalue weighted by Gasteiger charge is 2.19. The number of fused-ring (bicyclic) bond motifs is 3. The summed E-state index contributed by atoms with van der Waals surface area (Å²) < 4.78 is 11.0. The lowest BCUT2D eigenvalue weighted by atomic mass is 9.98. The lowest BCUT2D eigenvalue weighted by molar-refractivity contribution is 0.102. The molecule has 1 aromatic heterocycles. The number of rotatable bonds is 7. The summed E-state index contributed by atoms with van der Waals surface area (Å²) in [6.07, 6.45) is 1.89. The summed E-state index contributed by atoms with van der Waals surface area (Å²) in [5, 5.41) is 4.13. The van der Waals surface area contributed by atoms with E-state index in [2.05, 4.69) is 39.5 Å². The Morgan fingerprint density at radius 1 is 0.902 bits per heavy atom. The molecule has 0 aliphatic carbocycles. The summed E-state index contributed by atoms with van der Waals surface area (Å²) in [7, 11) is 3.34. The maximum Gasteiger partial charge on any atom is 0.257 e. The lowest BCUT2D eigenvalue weighted by Gasteiger charge is -2.29. The van der Waals surface area contributed by atoms with Crippen molar-refractivity contribution in [2.75, 3.05) is 32.6 Å². The number of hydrogen-bond acceptors (Lipinski definition) is 5. The highest BCUT2D eigenvalue weighted by molar-refractivity contribution is 6.13. The smallest absolute Gasteiger partial charge is 0.257 e. The third-order valence-corrected chi connectivity index (χ3v) is 8.05. The topological polar surface area (TPSA) is 83.7 Å². The standard InChI is InChI=1S/C34H33N3O4/c1-21-6-4-7-26-31(21)36-32-27(33(26)38)8-5-9-28(32)34(39)35-25-12-10-22(11-13-25)14-16-37-17-15-23-18-29(40-2)30(41-3)19-24(23)20-37/h4-13,18-19H,14-17,20H2,1-3H3,(H,35,39)(H,36,38). The van der Waals surface area contributed by atoms with Gasteiger partial charge in [-0.1, -0.05) is 30.3 Å². The van der Waals surface area contributed by atoms with Crippen LogP contribution in [0.3, 0.4) is 0 Å². The first kappa shape index (κ1) is 26.6. The van der Waals surface area contributed by atoms with Gasteiger partial charge in [-0.05, 0) is 84.5 Å². The molecule has 5 aromatic rings. The van der Waals surface area contributed by atoms with Gasteiger partial charge in [-0.3, -0.25) is 14.5 Å². The van der Waals surface area contributed by atoms with E-state index in [1.54, 1.807) is 32.4 Å². The van der Waals surface area contributed by atoms with Crippen LogP contribution < -0.4 is 20.2 Å². The van der Waals surface area contributed by atoms with Gasteiger partial charge < -0.3 is 19.8 Å². The molecule has 0 atom stereocenters. The molecule has 2 N–H and O–H groups in total. The van der Waals surface area contributed by atoms with E-state index in [4.69, 9.17) is 9.47 Å². The normalized spacial score (nSPS) is 13.2. The van der Waals surface area contributed by atoms with Gasteiger partial charge >= 0.3 is 0 Å². The fraction of sp³-hybridized carbons (Fsp3) is 0.235. The third kappa shape index (κ3) is 5.16. The molecule has 6 rings (SSSR count). The maximum absolute atomic E-state index is 13.3. The van der Waals surface area contributed by atoms with Crippen LogP contribution in [0.5, 0.6) is 11.5 Å². The average Bonchev–Trinajstić information content (AvgIpc) is 3.00. The summed E-state index contributed by atoms with van der Waals surface area (Å²) in [5.41, 5.74) is 7.14.